The maximum Gasteiger partial charge on any atom is 0.162 e. The van der Waals surface area contributed by atoms with Crippen molar-refractivity contribution in [2.75, 3.05) is 0 Å². The largest absolute Gasteiger partial charge is 0.275 e. The molecule has 0 aliphatic heterocycles. The maximum absolute atomic E-state index is 13.6. The van der Waals surface area contributed by atoms with E-state index in [1.165, 1.54) is 12.1 Å². The van der Waals surface area contributed by atoms with Crippen LogP contribution >= 0.6 is 0 Å². The second-order valence-electron chi connectivity index (χ2n) is 4.05. The summed E-state index contributed by atoms with van der Waals surface area (Å²) in [5.74, 6) is 3.74. The van der Waals surface area contributed by atoms with Gasteiger partial charge in [-0.1, -0.05) is 12.1 Å². The molecule has 2 aromatic rings. The summed E-state index contributed by atoms with van der Waals surface area (Å²) in [5, 5.41) is 4.19. The van der Waals surface area contributed by atoms with Gasteiger partial charge in [0, 0.05) is 13.2 Å². The summed E-state index contributed by atoms with van der Waals surface area (Å²) < 4.78 is 28.3. The number of nitrogens with two attached hydrogens (primary N) is 1. The van der Waals surface area contributed by atoms with E-state index in [0.717, 1.165) is 6.07 Å². The van der Waals surface area contributed by atoms with Crippen LogP contribution in [0, 0.1) is 11.6 Å². The van der Waals surface area contributed by atoms with Crippen molar-refractivity contribution in [1.29, 1.82) is 0 Å². The average Bonchev–Trinajstić information content (AvgIpc) is 2.78. The zero-order chi connectivity index (χ0) is 13.1. The Hall–Kier alpha value is -1.79. The molecule has 0 aliphatic carbocycles. The zero-order valence-corrected chi connectivity index (χ0v) is 9.90. The minimum absolute atomic E-state index is 0.233. The third kappa shape index (κ3) is 2.55. The van der Waals surface area contributed by atoms with E-state index in [4.69, 9.17) is 5.84 Å². The number of nitrogens with one attached hydrogen (secondary N) is 1. The van der Waals surface area contributed by atoms with Crippen LogP contribution in [0.5, 0.6) is 0 Å². The Morgan fingerprint density at radius 3 is 2.78 bits per heavy atom. The first-order valence-electron chi connectivity index (χ1n) is 5.50. The van der Waals surface area contributed by atoms with E-state index in [9.17, 15) is 8.78 Å². The number of hydrogen-bond donors (Lipinski definition) is 2. The highest BCUT2D eigenvalue weighted by Crippen LogP contribution is 2.19. The fourth-order valence-corrected chi connectivity index (χ4v) is 1.79. The molecule has 1 unspecified atom stereocenters. The van der Waals surface area contributed by atoms with Gasteiger partial charge in [0.2, 0.25) is 0 Å². The molecule has 1 atom stereocenters. The molecule has 0 saturated carbocycles. The molecule has 0 radical (unpaired) electrons. The number of rotatable bonds is 4. The minimum Gasteiger partial charge on any atom is -0.275 e. The van der Waals surface area contributed by atoms with Gasteiger partial charge >= 0.3 is 0 Å². The van der Waals surface area contributed by atoms with E-state index in [2.05, 4.69) is 10.5 Å². The molecule has 0 saturated heterocycles. The van der Waals surface area contributed by atoms with Crippen molar-refractivity contribution in [2.24, 2.45) is 12.9 Å². The SMILES string of the molecule is Cn1ccc(C(Cc2cccc(F)c2F)NN)n1. The zero-order valence-electron chi connectivity index (χ0n) is 9.90. The average molecular weight is 252 g/mol. The van der Waals surface area contributed by atoms with Gasteiger partial charge in [0.1, 0.15) is 0 Å². The van der Waals surface area contributed by atoms with E-state index in [0.29, 0.717) is 5.69 Å². The number of hydrazine groups is 1. The lowest BCUT2D eigenvalue weighted by Gasteiger charge is -2.14. The van der Waals surface area contributed by atoms with E-state index in [1.807, 2.05) is 0 Å². The molecule has 96 valence electrons. The Morgan fingerprint density at radius 1 is 1.39 bits per heavy atom. The van der Waals surface area contributed by atoms with Gasteiger partial charge in [0.25, 0.3) is 0 Å². The summed E-state index contributed by atoms with van der Waals surface area (Å²) in [6, 6.07) is 5.51. The Kier molecular flexibility index (Phi) is 3.69. The molecular weight excluding hydrogens is 238 g/mol. The molecule has 1 heterocycles. The van der Waals surface area contributed by atoms with Crippen molar-refractivity contribution in [2.45, 2.75) is 12.5 Å². The minimum atomic E-state index is -0.857. The summed E-state index contributed by atoms with van der Waals surface area (Å²) >= 11 is 0. The summed E-state index contributed by atoms with van der Waals surface area (Å²) in [7, 11) is 1.78. The summed E-state index contributed by atoms with van der Waals surface area (Å²) in [4.78, 5) is 0. The first kappa shape index (κ1) is 12.7. The smallest absolute Gasteiger partial charge is 0.162 e. The fourth-order valence-electron chi connectivity index (χ4n) is 1.79. The van der Waals surface area contributed by atoms with Gasteiger partial charge in [0.05, 0.1) is 11.7 Å². The summed E-state index contributed by atoms with van der Waals surface area (Å²) in [5.41, 5.74) is 3.51. The Balaban J connectivity index is 2.23. The third-order valence-electron chi connectivity index (χ3n) is 2.75. The van der Waals surface area contributed by atoms with Gasteiger partial charge in [-0.3, -0.25) is 16.0 Å². The topological polar surface area (TPSA) is 55.9 Å². The van der Waals surface area contributed by atoms with Gasteiger partial charge < -0.3 is 0 Å². The van der Waals surface area contributed by atoms with Crippen molar-refractivity contribution in [3.63, 3.8) is 0 Å². The molecule has 0 amide bonds. The molecule has 0 aliphatic rings. The second-order valence-corrected chi connectivity index (χ2v) is 4.05. The van der Waals surface area contributed by atoms with Gasteiger partial charge in [0.15, 0.2) is 11.6 Å². The summed E-state index contributed by atoms with van der Waals surface area (Å²) in [6.45, 7) is 0. The lowest BCUT2D eigenvalue weighted by molar-refractivity contribution is 0.476. The number of benzene rings is 1. The highest BCUT2D eigenvalue weighted by atomic mass is 19.2. The highest BCUT2D eigenvalue weighted by molar-refractivity contribution is 5.22. The van der Waals surface area contributed by atoms with Crippen molar-refractivity contribution in [3.05, 3.63) is 53.4 Å². The van der Waals surface area contributed by atoms with Crippen LogP contribution in [0.1, 0.15) is 17.3 Å². The van der Waals surface area contributed by atoms with E-state index >= 15 is 0 Å². The molecule has 18 heavy (non-hydrogen) atoms. The van der Waals surface area contributed by atoms with Crippen LogP contribution < -0.4 is 11.3 Å². The quantitative estimate of drug-likeness (QED) is 0.639. The molecule has 4 nitrogen and oxygen atoms in total. The normalized spacial score (nSPS) is 12.7. The number of aryl methyl sites for hydroxylation is 1. The highest BCUT2D eigenvalue weighted by Gasteiger charge is 2.17. The molecule has 0 spiro atoms. The predicted octanol–water partition coefficient (Wildman–Crippen LogP) is 1.45. The van der Waals surface area contributed by atoms with Crippen LogP contribution in [0.15, 0.2) is 30.5 Å². The van der Waals surface area contributed by atoms with E-state index < -0.39 is 11.6 Å². The van der Waals surface area contributed by atoms with Crippen LogP contribution in [0.25, 0.3) is 0 Å². The van der Waals surface area contributed by atoms with Crippen LogP contribution in [0.2, 0.25) is 0 Å². The van der Waals surface area contributed by atoms with Crippen molar-refractivity contribution in [3.8, 4) is 0 Å². The third-order valence-corrected chi connectivity index (χ3v) is 2.75. The van der Waals surface area contributed by atoms with Gasteiger partial charge in [-0.2, -0.15) is 5.10 Å². The van der Waals surface area contributed by atoms with Gasteiger partial charge in [-0.15, -0.1) is 0 Å². The van der Waals surface area contributed by atoms with Crippen LogP contribution in [0.4, 0.5) is 8.78 Å². The van der Waals surface area contributed by atoms with Crippen molar-refractivity contribution in [1.82, 2.24) is 15.2 Å². The monoisotopic (exact) mass is 252 g/mol. The lowest BCUT2D eigenvalue weighted by Crippen LogP contribution is -2.30. The Labute approximate surface area is 103 Å². The molecule has 2 rings (SSSR count). The first-order chi connectivity index (χ1) is 8.61. The van der Waals surface area contributed by atoms with E-state index in [-0.39, 0.29) is 18.0 Å². The lowest BCUT2D eigenvalue weighted by atomic mass is 10.0. The van der Waals surface area contributed by atoms with E-state index in [1.54, 1.807) is 24.0 Å². The number of nitrogens with zero attached hydrogens (tertiary/aromatic N) is 2. The predicted molar refractivity (Wildman–Crippen MR) is 63.3 cm³/mol. The molecular formula is C12H14F2N4. The van der Waals surface area contributed by atoms with Crippen LogP contribution in [-0.2, 0) is 13.5 Å². The number of halogens is 2. The van der Waals surface area contributed by atoms with Gasteiger partial charge in [-0.05, 0) is 24.1 Å². The number of hydrogen-bond acceptors (Lipinski definition) is 3. The number of aromatic nitrogens is 2. The Morgan fingerprint density at radius 2 is 2.17 bits per heavy atom. The molecule has 0 fully saturated rings. The van der Waals surface area contributed by atoms with Gasteiger partial charge in [-0.25, -0.2) is 8.78 Å². The van der Waals surface area contributed by atoms with Crippen LogP contribution in [0.3, 0.4) is 0 Å². The first-order valence-corrected chi connectivity index (χ1v) is 5.50. The fraction of sp³-hybridized carbons (Fsp3) is 0.250. The molecule has 1 aromatic heterocycles. The molecule has 3 N–H and O–H groups in total. The molecule has 6 heteroatoms. The second kappa shape index (κ2) is 5.24. The summed E-state index contributed by atoms with van der Waals surface area (Å²) in [6.07, 6.45) is 2.00. The Bertz CT molecular complexity index is 539. The van der Waals surface area contributed by atoms with Crippen molar-refractivity contribution < 1.29 is 8.78 Å². The maximum atomic E-state index is 13.6. The van der Waals surface area contributed by atoms with Crippen LogP contribution in [-0.4, -0.2) is 9.78 Å². The standard InChI is InChI=1S/C12H14F2N4/c1-18-6-5-10(17-18)11(16-15)7-8-3-2-4-9(13)12(8)14/h2-6,11,16H,7,15H2,1H3. The molecule has 0 bridgehead atoms. The molecule has 1 aromatic carbocycles. The van der Waals surface area contributed by atoms with Crippen molar-refractivity contribution >= 4 is 0 Å².